The van der Waals surface area contributed by atoms with Crippen LogP contribution in [0.1, 0.15) is 41.5 Å². The molecule has 2 rings (SSSR count). The van der Waals surface area contributed by atoms with Gasteiger partial charge in [0.05, 0.1) is 18.0 Å². The van der Waals surface area contributed by atoms with Gasteiger partial charge in [0, 0.05) is 5.56 Å². The number of rotatable bonds is 4. The maximum Gasteiger partial charge on any atom is 0.338 e. The van der Waals surface area contributed by atoms with Crippen molar-refractivity contribution < 1.29 is 18.9 Å². The average Bonchev–Trinajstić information content (AvgIpc) is 2.46. The van der Waals surface area contributed by atoms with Gasteiger partial charge in [0.1, 0.15) is 5.60 Å². The molecular formula is C17H19N2O3+. The Labute approximate surface area is 129 Å². The van der Waals surface area contributed by atoms with Crippen molar-refractivity contribution in [2.45, 2.75) is 32.9 Å². The van der Waals surface area contributed by atoms with Crippen LogP contribution in [-0.4, -0.2) is 22.3 Å². The summed E-state index contributed by atoms with van der Waals surface area (Å²) in [7, 11) is 0. The van der Waals surface area contributed by atoms with E-state index in [0.717, 1.165) is 0 Å². The van der Waals surface area contributed by atoms with Crippen LogP contribution in [0.15, 0.2) is 49.1 Å². The lowest BCUT2D eigenvalue weighted by Crippen LogP contribution is -2.37. The zero-order valence-electron chi connectivity index (χ0n) is 12.9. The minimum atomic E-state index is -0.538. The van der Waals surface area contributed by atoms with E-state index in [4.69, 9.17) is 4.74 Å². The molecule has 0 radical (unpaired) electrons. The third kappa shape index (κ3) is 4.48. The van der Waals surface area contributed by atoms with Crippen molar-refractivity contribution in [2.24, 2.45) is 0 Å². The minimum absolute atomic E-state index is 0.0352. The molecule has 0 aliphatic carbocycles. The van der Waals surface area contributed by atoms with Gasteiger partial charge in [-0.2, -0.15) is 4.57 Å². The summed E-state index contributed by atoms with van der Waals surface area (Å²) in [6.45, 7) is 5.67. The molecule has 5 heteroatoms. The van der Waals surface area contributed by atoms with E-state index in [1.165, 1.54) is 0 Å². The van der Waals surface area contributed by atoms with Gasteiger partial charge in [0.15, 0.2) is 12.4 Å². The van der Waals surface area contributed by atoms with E-state index in [2.05, 4.69) is 4.98 Å². The molecule has 0 spiro atoms. The molecule has 0 unspecified atom stereocenters. The molecule has 0 saturated heterocycles. The van der Waals surface area contributed by atoms with Crippen molar-refractivity contribution in [2.75, 3.05) is 0 Å². The number of carbonyl (C=O) groups is 2. The van der Waals surface area contributed by atoms with Crippen LogP contribution in [0.3, 0.4) is 0 Å². The fraction of sp³-hybridized carbons (Fsp3) is 0.294. The summed E-state index contributed by atoms with van der Waals surface area (Å²) in [5, 5.41) is 0. The zero-order chi connectivity index (χ0) is 16.2. The summed E-state index contributed by atoms with van der Waals surface area (Å²) in [5.41, 5.74) is 0.448. The summed E-state index contributed by atoms with van der Waals surface area (Å²) in [4.78, 5) is 28.0. The molecule has 5 nitrogen and oxygen atoms in total. The Morgan fingerprint density at radius 1 is 1.05 bits per heavy atom. The van der Waals surface area contributed by atoms with Gasteiger partial charge in [-0.25, -0.2) is 4.79 Å². The number of esters is 1. The molecule has 0 aliphatic heterocycles. The van der Waals surface area contributed by atoms with Crippen molar-refractivity contribution >= 4 is 11.8 Å². The van der Waals surface area contributed by atoms with Crippen LogP contribution in [0.4, 0.5) is 0 Å². The summed E-state index contributed by atoms with van der Waals surface area (Å²) in [5.74, 6) is -0.429. The molecule has 22 heavy (non-hydrogen) atoms. The van der Waals surface area contributed by atoms with E-state index in [0.29, 0.717) is 11.1 Å². The molecule has 0 aliphatic rings. The van der Waals surface area contributed by atoms with Crippen molar-refractivity contribution in [1.29, 1.82) is 0 Å². The Kier molecular flexibility index (Phi) is 4.65. The van der Waals surface area contributed by atoms with Crippen LogP contribution in [0.5, 0.6) is 0 Å². The first-order valence-electron chi connectivity index (χ1n) is 7.01. The molecule has 114 valence electrons. The minimum Gasteiger partial charge on any atom is -0.456 e. The second kappa shape index (κ2) is 6.47. The van der Waals surface area contributed by atoms with Crippen molar-refractivity contribution in [1.82, 2.24) is 4.98 Å². The SMILES string of the molecule is CC(C)(C)OC(=O)c1ccc(C(=O)C[n+]2ccncc2)cc1. The Morgan fingerprint density at radius 3 is 2.14 bits per heavy atom. The Balaban J connectivity index is 2.05. The summed E-state index contributed by atoms with van der Waals surface area (Å²) in [6, 6.07) is 6.50. The van der Waals surface area contributed by atoms with Gasteiger partial charge >= 0.3 is 5.97 Å². The van der Waals surface area contributed by atoms with Crippen molar-refractivity contribution in [3.05, 3.63) is 60.2 Å². The lowest BCUT2D eigenvalue weighted by atomic mass is 10.1. The second-order valence-corrected chi connectivity index (χ2v) is 5.92. The monoisotopic (exact) mass is 299 g/mol. The maximum atomic E-state index is 12.2. The van der Waals surface area contributed by atoms with Crippen LogP contribution in [-0.2, 0) is 11.3 Å². The number of benzene rings is 1. The Bertz CT molecular complexity index is 659. The summed E-state index contributed by atoms with van der Waals surface area (Å²) < 4.78 is 7.03. The quantitative estimate of drug-likeness (QED) is 0.493. The number of Topliss-reactive ketones (excluding diaryl/α,β-unsaturated/α-hetero) is 1. The fourth-order valence-corrected chi connectivity index (χ4v) is 1.84. The molecule has 0 saturated carbocycles. The van der Waals surface area contributed by atoms with E-state index in [1.807, 2.05) is 20.8 Å². The van der Waals surface area contributed by atoms with E-state index in [9.17, 15) is 9.59 Å². The normalized spacial score (nSPS) is 11.0. The van der Waals surface area contributed by atoms with Crippen LogP contribution in [0.2, 0.25) is 0 Å². The second-order valence-electron chi connectivity index (χ2n) is 5.92. The average molecular weight is 299 g/mol. The number of aromatic nitrogens is 2. The van der Waals surface area contributed by atoms with Gasteiger partial charge in [-0.1, -0.05) is 12.1 Å². The van der Waals surface area contributed by atoms with E-state index in [1.54, 1.807) is 53.6 Å². The van der Waals surface area contributed by atoms with Crippen molar-refractivity contribution in [3.8, 4) is 0 Å². The number of carbonyl (C=O) groups excluding carboxylic acids is 2. The largest absolute Gasteiger partial charge is 0.456 e. The number of hydrogen-bond acceptors (Lipinski definition) is 4. The Morgan fingerprint density at radius 2 is 1.59 bits per heavy atom. The first-order valence-corrected chi connectivity index (χ1v) is 7.01. The smallest absolute Gasteiger partial charge is 0.338 e. The third-order valence-electron chi connectivity index (χ3n) is 2.86. The van der Waals surface area contributed by atoms with E-state index >= 15 is 0 Å². The zero-order valence-corrected chi connectivity index (χ0v) is 12.9. The van der Waals surface area contributed by atoms with Crippen molar-refractivity contribution in [3.63, 3.8) is 0 Å². The highest BCUT2D eigenvalue weighted by Crippen LogP contribution is 2.13. The Hall–Kier alpha value is -2.56. The number of ketones is 1. The summed E-state index contributed by atoms with van der Waals surface area (Å²) in [6.07, 6.45) is 6.71. The topological polar surface area (TPSA) is 60.1 Å². The lowest BCUT2D eigenvalue weighted by Gasteiger charge is -2.19. The van der Waals surface area contributed by atoms with Gasteiger partial charge in [0.25, 0.3) is 0 Å². The van der Waals surface area contributed by atoms with Gasteiger partial charge < -0.3 is 4.74 Å². The molecule has 1 heterocycles. The predicted octanol–water partition coefficient (Wildman–Crippen LogP) is 2.21. The van der Waals surface area contributed by atoms with Crippen LogP contribution >= 0.6 is 0 Å². The van der Waals surface area contributed by atoms with Crippen LogP contribution in [0, 0.1) is 0 Å². The molecule has 2 aromatic rings. The van der Waals surface area contributed by atoms with Crippen LogP contribution < -0.4 is 4.57 Å². The van der Waals surface area contributed by atoms with Crippen LogP contribution in [0.25, 0.3) is 0 Å². The number of ether oxygens (including phenoxy) is 1. The van der Waals surface area contributed by atoms with E-state index in [-0.39, 0.29) is 12.3 Å². The molecule has 1 aromatic carbocycles. The highest BCUT2D eigenvalue weighted by molar-refractivity contribution is 5.96. The first-order chi connectivity index (χ1) is 10.3. The van der Waals surface area contributed by atoms with Gasteiger partial charge in [-0.05, 0) is 32.9 Å². The standard InChI is InChI=1S/C17H19N2O3/c1-17(2,3)22-16(21)14-6-4-13(5-7-14)15(20)12-19-10-8-18-9-11-19/h4-11H,12H2,1-3H3/q+1. The van der Waals surface area contributed by atoms with Gasteiger partial charge in [0.2, 0.25) is 12.3 Å². The van der Waals surface area contributed by atoms with Gasteiger partial charge in [-0.15, -0.1) is 0 Å². The molecule has 0 fully saturated rings. The number of nitrogens with zero attached hydrogens (tertiary/aromatic N) is 2. The maximum absolute atomic E-state index is 12.2. The molecule has 1 aromatic heterocycles. The highest BCUT2D eigenvalue weighted by Gasteiger charge is 2.18. The summed E-state index contributed by atoms with van der Waals surface area (Å²) >= 11 is 0. The molecule has 0 atom stereocenters. The van der Waals surface area contributed by atoms with Gasteiger partial charge in [-0.3, -0.25) is 9.78 Å². The molecular weight excluding hydrogens is 280 g/mol. The first kappa shape index (κ1) is 15.8. The predicted molar refractivity (Wildman–Crippen MR) is 80.4 cm³/mol. The third-order valence-corrected chi connectivity index (χ3v) is 2.86. The number of hydrogen-bond donors (Lipinski definition) is 0. The molecule has 0 bridgehead atoms. The molecule has 0 amide bonds. The lowest BCUT2D eigenvalue weighted by molar-refractivity contribution is -0.683. The fourth-order valence-electron chi connectivity index (χ4n) is 1.84. The highest BCUT2D eigenvalue weighted by atomic mass is 16.6. The molecule has 0 N–H and O–H groups in total. The van der Waals surface area contributed by atoms with E-state index < -0.39 is 11.6 Å².